The summed E-state index contributed by atoms with van der Waals surface area (Å²) in [7, 11) is 0. The first-order valence-electron chi connectivity index (χ1n) is 5.27. The van der Waals surface area contributed by atoms with Crippen LogP contribution in [0.2, 0.25) is 0 Å². The van der Waals surface area contributed by atoms with E-state index in [2.05, 4.69) is 10.3 Å². The van der Waals surface area contributed by atoms with E-state index >= 15 is 0 Å². The van der Waals surface area contributed by atoms with Crippen molar-refractivity contribution < 1.29 is 0 Å². The van der Waals surface area contributed by atoms with Gasteiger partial charge in [0, 0.05) is 5.54 Å². The molecule has 88 valence electrons. The van der Waals surface area contributed by atoms with E-state index in [0.29, 0.717) is 5.17 Å². The Balaban J connectivity index is 2.89. The van der Waals surface area contributed by atoms with E-state index in [-0.39, 0.29) is 0 Å². The highest BCUT2D eigenvalue weighted by Gasteiger charge is 2.10. The standard InChI is InChI=1S/C12H18N3O/c1-9-7-6-8-11(10(9)2)13-14-15(16)12(3,4)5/h6-8H,1-5H3/q-1. The summed E-state index contributed by atoms with van der Waals surface area (Å²) in [6.45, 7) is 9.36. The molecule has 0 amide bonds. The first-order valence-corrected chi connectivity index (χ1v) is 5.27. The summed E-state index contributed by atoms with van der Waals surface area (Å²) in [6.07, 6.45) is 0. The number of aryl methyl sites for hydroxylation is 1. The molecular weight excluding hydrogens is 202 g/mol. The van der Waals surface area contributed by atoms with Gasteiger partial charge in [0.2, 0.25) is 0 Å². The Morgan fingerprint density at radius 1 is 1.19 bits per heavy atom. The van der Waals surface area contributed by atoms with Gasteiger partial charge in [0.25, 0.3) is 0 Å². The number of hydrogen-bond donors (Lipinski definition) is 0. The van der Waals surface area contributed by atoms with Gasteiger partial charge in [-0.05, 0) is 51.8 Å². The van der Waals surface area contributed by atoms with Crippen molar-refractivity contribution in [2.45, 2.75) is 40.2 Å². The number of nitrogens with zero attached hydrogens (tertiary/aromatic N) is 3. The van der Waals surface area contributed by atoms with Gasteiger partial charge >= 0.3 is 0 Å². The minimum Gasteiger partial charge on any atom is -0.740 e. The Hall–Kier alpha value is -1.42. The minimum absolute atomic E-state index is 0.554. The fourth-order valence-electron chi connectivity index (χ4n) is 1.07. The third kappa shape index (κ3) is 3.03. The molecule has 4 nitrogen and oxygen atoms in total. The van der Waals surface area contributed by atoms with Crippen molar-refractivity contribution in [2.75, 3.05) is 0 Å². The highest BCUT2D eigenvalue weighted by molar-refractivity contribution is 5.48. The average Bonchev–Trinajstić information content (AvgIpc) is 2.18. The highest BCUT2D eigenvalue weighted by Crippen LogP contribution is 2.22. The zero-order chi connectivity index (χ0) is 12.3. The quantitative estimate of drug-likeness (QED) is 0.560. The zero-order valence-electron chi connectivity index (χ0n) is 10.5. The van der Waals surface area contributed by atoms with Crippen LogP contribution < -0.4 is 0 Å². The zero-order valence-corrected chi connectivity index (χ0v) is 10.5. The van der Waals surface area contributed by atoms with Crippen LogP contribution in [0.3, 0.4) is 0 Å². The summed E-state index contributed by atoms with van der Waals surface area (Å²) >= 11 is 0. The van der Waals surface area contributed by atoms with Gasteiger partial charge in [-0.15, -0.1) is 5.11 Å². The molecule has 0 fully saturated rings. The molecule has 1 aromatic carbocycles. The maximum absolute atomic E-state index is 11.5. The van der Waals surface area contributed by atoms with Crippen molar-refractivity contribution in [1.29, 1.82) is 0 Å². The first-order chi connectivity index (χ1) is 7.32. The molecule has 16 heavy (non-hydrogen) atoms. The predicted octanol–water partition coefficient (Wildman–Crippen LogP) is 3.90. The Morgan fingerprint density at radius 3 is 2.38 bits per heavy atom. The molecule has 4 heteroatoms. The maximum atomic E-state index is 11.5. The van der Waals surface area contributed by atoms with Crippen molar-refractivity contribution in [2.24, 2.45) is 10.3 Å². The molecule has 0 heterocycles. The van der Waals surface area contributed by atoms with Crippen LogP contribution in [-0.2, 0) is 0 Å². The lowest BCUT2D eigenvalue weighted by molar-refractivity contribution is 0.202. The summed E-state index contributed by atoms with van der Waals surface area (Å²) in [6, 6.07) is 5.76. The highest BCUT2D eigenvalue weighted by atomic mass is 16.5. The Morgan fingerprint density at radius 2 is 1.81 bits per heavy atom. The smallest absolute Gasteiger partial charge is 0.0905 e. The number of hydroxylamine groups is 1. The van der Waals surface area contributed by atoms with Gasteiger partial charge in [-0.25, -0.2) is 0 Å². The van der Waals surface area contributed by atoms with Crippen molar-refractivity contribution in [3.05, 3.63) is 34.5 Å². The van der Waals surface area contributed by atoms with Crippen LogP contribution in [0.5, 0.6) is 0 Å². The monoisotopic (exact) mass is 220 g/mol. The molecule has 0 atom stereocenters. The Labute approximate surface area is 96.5 Å². The summed E-state index contributed by atoms with van der Waals surface area (Å²) in [5, 5.41) is 19.8. The van der Waals surface area contributed by atoms with Gasteiger partial charge in [-0.3, -0.25) is 0 Å². The van der Waals surface area contributed by atoms with E-state index in [1.807, 2.05) is 32.0 Å². The molecule has 1 aromatic rings. The van der Waals surface area contributed by atoms with Crippen LogP contribution in [0.15, 0.2) is 28.5 Å². The van der Waals surface area contributed by atoms with Crippen molar-refractivity contribution >= 4 is 5.69 Å². The molecule has 0 saturated carbocycles. The lowest BCUT2D eigenvalue weighted by Crippen LogP contribution is -2.31. The topological polar surface area (TPSA) is 51.0 Å². The van der Waals surface area contributed by atoms with E-state index in [4.69, 9.17) is 0 Å². The maximum Gasteiger partial charge on any atom is 0.0905 e. The minimum atomic E-state index is -0.554. The van der Waals surface area contributed by atoms with Crippen LogP contribution in [0.4, 0.5) is 5.69 Å². The largest absolute Gasteiger partial charge is 0.740 e. The average molecular weight is 220 g/mol. The number of benzene rings is 1. The van der Waals surface area contributed by atoms with Crippen LogP contribution in [0, 0.1) is 19.1 Å². The number of rotatable bonds is 2. The van der Waals surface area contributed by atoms with Crippen molar-refractivity contribution in [3.63, 3.8) is 0 Å². The third-order valence-electron chi connectivity index (χ3n) is 2.38. The van der Waals surface area contributed by atoms with E-state index < -0.39 is 5.54 Å². The second kappa shape index (κ2) is 4.61. The van der Waals surface area contributed by atoms with Crippen LogP contribution >= 0.6 is 0 Å². The fourth-order valence-corrected chi connectivity index (χ4v) is 1.07. The molecule has 1 rings (SSSR count). The second-order valence-corrected chi connectivity index (χ2v) is 4.85. The van der Waals surface area contributed by atoms with Gasteiger partial charge in [0.15, 0.2) is 0 Å². The van der Waals surface area contributed by atoms with Crippen molar-refractivity contribution in [3.8, 4) is 0 Å². The lowest BCUT2D eigenvalue weighted by atomic mass is 10.1. The van der Waals surface area contributed by atoms with Gasteiger partial charge in [-0.2, -0.15) is 0 Å². The van der Waals surface area contributed by atoms with E-state index in [1.165, 1.54) is 0 Å². The van der Waals surface area contributed by atoms with Gasteiger partial charge in [-0.1, -0.05) is 17.4 Å². The third-order valence-corrected chi connectivity index (χ3v) is 2.38. The van der Waals surface area contributed by atoms with Crippen molar-refractivity contribution in [1.82, 2.24) is 5.17 Å². The van der Waals surface area contributed by atoms with Crippen LogP contribution in [0.25, 0.3) is 0 Å². The van der Waals surface area contributed by atoms with Crippen LogP contribution in [-0.4, -0.2) is 10.7 Å². The molecule has 0 unspecified atom stereocenters. The molecule has 0 radical (unpaired) electrons. The molecule has 0 aliphatic rings. The van der Waals surface area contributed by atoms with Gasteiger partial charge in [0.1, 0.15) is 0 Å². The van der Waals surface area contributed by atoms with Crippen LogP contribution in [0.1, 0.15) is 31.9 Å². The first kappa shape index (κ1) is 12.6. The van der Waals surface area contributed by atoms with Gasteiger partial charge in [0.05, 0.1) is 5.69 Å². The Kier molecular flexibility index (Phi) is 3.65. The van der Waals surface area contributed by atoms with E-state index in [1.54, 1.807) is 20.8 Å². The molecule has 0 bridgehead atoms. The number of hydrogen-bond acceptors (Lipinski definition) is 3. The van der Waals surface area contributed by atoms with E-state index in [0.717, 1.165) is 16.8 Å². The molecule has 0 saturated heterocycles. The summed E-state index contributed by atoms with van der Waals surface area (Å²) in [4.78, 5) is 0. The molecular formula is C12H18N3O-. The Bertz CT molecular complexity index is 394. The lowest BCUT2D eigenvalue weighted by Gasteiger charge is -2.36. The molecule has 0 N–H and O–H groups in total. The second-order valence-electron chi connectivity index (χ2n) is 4.85. The molecule has 0 aliphatic heterocycles. The molecule has 0 aliphatic carbocycles. The predicted molar refractivity (Wildman–Crippen MR) is 65.4 cm³/mol. The molecule has 0 spiro atoms. The SMILES string of the molecule is Cc1cccc(N=NN([O-])C(C)(C)C)c1C. The summed E-state index contributed by atoms with van der Waals surface area (Å²) in [5.74, 6) is 0. The van der Waals surface area contributed by atoms with E-state index in [9.17, 15) is 5.21 Å². The molecule has 0 aromatic heterocycles. The summed E-state index contributed by atoms with van der Waals surface area (Å²) in [5.41, 5.74) is 2.38. The fraction of sp³-hybridized carbons (Fsp3) is 0.500. The summed E-state index contributed by atoms with van der Waals surface area (Å²) < 4.78 is 0. The normalized spacial score (nSPS) is 12.1. The van der Waals surface area contributed by atoms with Gasteiger partial charge < -0.3 is 10.4 Å².